The molecule has 0 saturated heterocycles. The first-order chi connectivity index (χ1) is 5.75. The topological polar surface area (TPSA) is 17.1 Å². The lowest BCUT2D eigenvalue weighted by Crippen LogP contribution is -2.23. The van der Waals surface area contributed by atoms with E-state index in [-0.39, 0.29) is 5.41 Å². The van der Waals surface area contributed by atoms with E-state index >= 15 is 0 Å². The number of carbonyl (C=O) groups is 1. The fraction of sp³-hybridized carbons (Fsp3) is 0.364. The highest BCUT2D eigenvalue weighted by atomic mass is 16.1. The van der Waals surface area contributed by atoms with Gasteiger partial charge in [-0.05, 0) is 12.8 Å². The van der Waals surface area contributed by atoms with Crippen LogP contribution in [0.4, 0.5) is 0 Å². The second-order valence-corrected chi connectivity index (χ2v) is 3.17. The Labute approximate surface area is 73.5 Å². The van der Waals surface area contributed by atoms with Crippen LogP contribution in [-0.2, 0) is 4.79 Å². The van der Waals surface area contributed by atoms with Crippen LogP contribution >= 0.6 is 0 Å². The normalized spacial score (nSPS) is 19.5. The first-order valence-electron chi connectivity index (χ1n) is 4.18. The molecule has 0 N–H and O–H groups in total. The van der Waals surface area contributed by atoms with Gasteiger partial charge in [0.1, 0.15) is 5.78 Å². The number of allylic oxidation sites excluding steroid dienone is 4. The maximum Gasteiger partial charge on any atom is 0.147 e. The molecule has 1 aliphatic rings. The van der Waals surface area contributed by atoms with Gasteiger partial charge in [-0.1, -0.05) is 24.3 Å². The summed E-state index contributed by atoms with van der Waals surface area (Å²) < 4.78 is 0. The van der Waals surface area contributed by atoms with Gasteiger partial charge in [-0.2, -0.15) is 0 Å². The van der Waals surface area contributed by atoms with Gasteiger partial charge in [-0.25, -0.2) is 0 Å². The van der Waals surface area contributed by atoms with Crippen molar-refractivity contribution in [1.29, 1.82) is 0 Å². The minimum atomic E-state index is -0.302. The predicted molar refractivity (Wildman–Crippen MR) is 50.8 cm³/mol. The number of carbonyl (C=O) groups excluding carboxylic acids is 1. The molecule has 0 aromatic rings. The van der Waals surface area contributed by atoms with Crippen LogP contribution in [0.25, 0.3) is 0 Å². The summed E-state index contributed by atoms with van der Waals surface area (Å²) in [7, 11) is 0. The van der Waals surface area contributed by atoms with E-state index in [0.717, 1.165) is 12.8 Å². The fourth-order valence-electron chi connectivity index (χ4n) is 1.65. The van der Waals surface area contributed by atoms with Gasteiger partial charge >= 0.3 is 0 Å². The highest BCUT2D eigenvalue weighted by Crippen LogP contribution is 2.36. The van der Waals surface area contributed by atoms with Crippen molar-refractivity contribution in [2.45, 2.75) is 19.3 Å². The Bertz CT molecular complexity index is 225. The molecule has 0 aliphatic heterocycles. The highest BCUT2D eigenvalue weighted by Gasteiger charge is 2.35. The third kappa shape index (κ3) is 1.40. The van der Waals surface area contributed by atoms with Crippen LogP contribution in [0, 0.1) is 5.41 Å². The van der Waals surface area contributed by atoms with Gasteiger partial charge in [0.05, 0.1) is 5.41 Å². The Morgan fingerprint density at radius 3 is 2.33 bits per heavy atom. The van der Waals surface area contributed by atoms with E-state index in [0.29, 0.717) is 12.2 Å². The Hall–Kier alpha value is -1.11. The van der Waals surface area contributed by atoms with Crippen LogP contribution in [0.15, 0.2) is 37.5 Å². The average molecular weight is 162 g/mol. The highest BCUT2D eigenvalue weighted by molar-refractivity contribution is 5.91. The Kier molecular flexibility index (Phi) is 2.64. The molecule has 0 amide bonds. The summed E-state index contributed by atoms with van der Waals surface area (Å²) in [5, 5.41) is 0. The number of hydrogen-bond donors (Lipinski definition) is 0. The molecule has 0 radical (unpaired) electrons. The Morgan fingerprint density at radius 1 is 1.42 bits per heavy atom. The maximum atomic E-state index is 11.5. The van der Waals surface area contributed by atoms with Gasteiger partial charge < -0.3 is 0 Å². The maximum absolute atomic E-state index is 11.5. The molecule has 0 saturated carbocycles. The molecule has 0 aromatic carbocycles. The molecule has 0 unspecified atom stereocenters. The summed E-state index contributed by atoms with van der Waals surface area (Å²) in [5.74, 6) is 0.294. The zero-order valence-electron chi connectivity index (χ0n) is 7.25. The van der Waals surface area contributed by atoms with Crippen molar-refractivity contribution in [2.75, 3.05) is 0 Å². The molecule has 0 heterocycles. The molecule has 0 bridgehead atoms. The predicted octanol–water partition coefficient (Wildman–Crippen LogP) is 2.65. The smallest absolute Gasteiger partial charge is 0.147 e. The van der Waals surface area contributed by atoms with Gasteiger partial charge in [0.25, 0.3) is 0 Å². The van der Waals surface area contributed by atoms with Crippen LogP contribution in [0.1, 0.15) is 19.3 Å². The lowest BCUT2D eigenvalue weighted by atomic mass is 9.80. The van der Waals surface area contributed by atoms with Crippen molar-refractivity contribution >= 4 is 5.78 Å². The third-order valence-corrected chi connectivity index (χ3v) is 2.31. The van der Waals surface area contributed by atoms with Crippen molar-refractivity contribution in [3.63, 3.8) is 0 Å². The van der Waals surface area contributed by atoms with Gasteiger partial charge in [-0.15, -0.1) is 13.2 Å². The van der Waals surface area contributed by atoms with Crippen LogP contribution in [0.2, 0.25) is 0 Å². The van der Waals surface area contributed by atoms with E-state index < -0.39 is 0 Å². The van der Waals surface area contributed by atoms with Crippen LogP contribution < -0.4 is 0 Å². The first-order valence-corrected chi connectivity index (χ1v) is 4.18. The van der Waals surface area contributed by atoms with Gasteiger partial charge in [0, 0.05) is 6.42 Å². The lowest BCUT2D eigenvalue weighted by Gasteiger charge is -2.22. The van der Waals surface area contributed by atoms with Crippen LogP contribution in [0.5, 0.6) is 0 Å². The summed E-state index contributed by atoms with van der Waals surface area (Å²) in [5.41, 5.74) is -0.302. The molecular weight excluding hydrogens is 148 g/mol. The van der Waals surface area contributed by atoms with E-state index in [1.54, 1.807) is 12.2 Å². The number of Topliss-reactive ketones (excluding diaryl/α,β-unsaturated/α-hetero) is 1. The van der Waals surface area contributed by atoms with Crippen molar-refractivity contribution < 1.29 is 4.79 Å². The van der Waals surface area contributed by atoms with Crippen LogP contribution in [0.3, 0.4) is 0 Å². The molecule has 0 fully saturated rings. The fourth-order valence-corrected chi connectivity index (χ4v) is 1.65. The first kappa shape index (κ1) is 8.98. The molecular formula is C11H14O. The standard InChI is InChI=1S/C11H14O/c1-3-7-11(8-4-2)9-5-6-10(11)12/h3-5,9H,1-2,6-8H2. The van der Waals surface area contributed by atoms with E-state index in [9.17, 15) is 4.79 Å². The monoisotopic (exact) mass is 162 g/mol. The largest absolute Gasteiger partial charge is 0.298 e. The van der Waals surface area contributed by atoms with Gasteiger partial charge in [0.2, 0.25) is 0 Å². The molecule has 12 heavy (non-hydrogen) atoms. The van der Waals surface area contributed by atoms with Gasteiger partial charge in [-0.3, -0.25) is 4.79 Å². The van der Waals surface area contributed by atoms with E-state index in [2.05, 4.69) is 13.2 Å². The molecule has 0 aromatic heterocycles. The second kappa shape index (κ2) is 3.53. The van der Waals surface area contributed by atoms with Crippen molar-refractivity contribution in [1.82, 2.24) is 0 Å². The van der Waals surface area contributed by atoms with Gasteiger partial charge in [0.15, 0.2) is 0 Å². The molecule has 1 rings (SSSR count). The summed E-state index contributed by atoms with van der Waals surface area (Å²) in [6.07, 6.45) is 9.58. The van der Waals surface area contributed by atoms with Crippen LogP contribution in [-0.4, -0.2) is 5.78 Å². The summed E-state index contributed by atoms with van der Waals surface area (Å²) in [4.78, 5) is 11.5. The van der Waals surface area contributed by atoms with E-state index in [1.807, 2.05) is 12.2 Å². The van der Waals surface area contributed by atoms with Crippen molar-refractivity contribution in [3.05, 3.63) is 37.5 Å². The molecule has 0 atom stereocenters. The molecule has 1 heteroatoms. The number of hydrogen-bond acceptors (Lipinski definition) is 1. The molecule has 1 aliphatic carbocycles. The van der Waals surface area contributed by atoms with Crippen molar-refractivity contribution in [3.8, 4) is 0 Å². The molecule has 0 spiro atoms. The van der Waals surface area contributed by atoms with Crippen molar-refractivity contribution in [2.24, 2.45) is 5.41 Å². The minimum absolute atomic E-state index is 0.294. The minimum Gasteiger partial charge on any atom is -0.298 e. The number of rotatable bonds is 4. The lowest BCUT2D eigenvalue weighted by molar-refractivity contribution is -0.124. The van der Waals surface area contributed by atoms with E-state index in [1.165, 1.54) is 0 Å². The third-order valence-electron chi connectivity index (χ3n) is 2.31. The number of ketones is 1. The summed E-state index contributed by atoms with van der Waals surface area (Å²) >= 11 is 0. The summed E-state index contributed by atoms with van der Waals surface area (Å²) in [6, 6.07) is 0. The molecule has 1 nitrogen and oxygen atoms in total. The Morgan fingerprint density at radius 2 is 2.00 bits per heavy atom. The average Bonchev–Trinajstić information content (AvgIpc) is 2.35. The zero-order chi connectivity index (χ0) is 9.03. The SMILES string of the molecule is C=CCC1(CC=C)C=CCC1=O. The van der Waals surface area contributed by atoms with E-state index in [4.69, 9.17) is 0 Å². The quantitative estimate of drug-likeness (QED) is 0.581. The zero-order valence-corrected chi connectivity index (χ0v) is 7.25. The molecule has 64 valence electrons. The second-order valence-electron chi connectivity index (χ2n) is 3.17. The Balaban J connectivity index is 2.83. The summed E-state index contributed by atoms with van der Waals surface area (Å²) in [6.45, 7) is 7.33.